The topological polar surface area (TPSA) is 219 Å². The Morgan fingerprint density at radius 1 is 1.36 bits per heavy atom. The number of rotatable bonds is 8. The van der Waals surface area contributed by atoms with Gasteiger partial charge >= 0.3 is 5.65 Å². The molecule has 2 amide bonds. The van der Waals surface area contributed by atoms with Crippen molar-refractivity contribution in [2.75, 3.05) is 30.4 Å². The number of fused-ring (bicyclic) bond motifs is 2. The van der Waals surface area contributed by atoms with Gasteiger partial charge in [-0.2, -0.15) is 9.36 Å². The van der Waals surface area contributed by atoms with Crippen LogP contribution in [0.2, 0.25) is 0 Å². The molecule has 0 saturated carbocycles. The minimum Gasteiger partial charge on any atom is -0.543 e. The fourth-order valence-corrected chi connectivity index (χ4v) is 6.08. The third-order valence-electron chi connectivity index (χ3n) is 6.22. The minimum absolute atomic E-state index is 0.0571. The number of oxime groups is 1. The van der Waals surface area contributed by atoms with E-state index in [0.29, 0.717) is 30.3 Å². The van der Waals surface area contributed by atoms with Gasteiger partial charge in [0, 0.05) is 28.9 Å². The van der Waals surface area contributed by atoms with Gasteiger partial charge < -0.3 is 36.3 Å². The third-order valence-corrected chi connectivity index (χ3v) is 8.10. The SMILES string of the molecule is Nc1nc(/C(=N/OC2COC2)C(=O)N[C@@H]2C(=O)N3C(C(=O)[O-])=C(C[n+]4cc(N)n5ncccc54)CS[C@H]23)ns1. The van der Waals surface area contributed by atoms with Gasteiger partial charge in [0.1, 0.15) is 18.0 Å². The summed E-state index contributed by atoms with van der Waals surface area (Å²) >= 11 is 2.18. The molecule has 2 atom stereocenters. The summed E-state index contributed by atoms with van der Waals surface area (Å²) in [5.74, 6) is -2.29. The molecule has 3 aliphatic rings. The highest BCUT2D eigenvalue weighted by molar-refractivity contribution is 8.00. The highest BCUT2D eigenvalue weighted by atomic mass is 32.2. The van der Waals surface area contributed by atoms with Gasteiger partial charge in [-0.1, -0.05) is 14.8 Å². The number of ether oxygens (including phenoxy) is 1. The van der Waals surface area contributed by atoms with E-state index in [-0.39, 0.29) is 40.8 Å². The molecule has 0 unspecified atom stereocenters. The molecule has 0 aliphatic carbocycles. The van der Waals surface area contributed by atoms with E-state index in [1.165, 1.54) is 16.3 Å². The molecular weight excluding hydrogens is 552 g/mol. The third kappa shape index (κ3) is 4.41. The molecule has 0 spiro atoms. The van der Waals surface area contributed by atoms with Gasteiger partial charge in [0.25, 0.3) is 17.6 Å². The summed E-state index contributed by atoms with van der Waals surface area (Å²) in [7, 11) is 0. The van der Waals surface area contributed by atoms with Crippen LogP contribution in [0, 0.1) is 0 Å². The number of anilines is 2. The van der Waals surface area contributed by atoms with Crippen LogP contribution in [0.3, 0.4) is 0 Å². The second-order valence-electron chi connectivity index (χ2n) is 8.74. The predicted molar refractivity (Wildman–Crippen MR) is 133 cm³/mol. The zero-order valence-corrected chi connectivity index (χ0v) is 21.6. The van der Waals surface area contributed by atoms with Crippen molar-refractivity contribution in [3.63, 3.8) is 0 Å². The van der Waals surface area contributed by atoms with E-state index in [2.05, 4.69) is 24.9 Å². The molecule has 2 saturated heterocycles. The summed E-state index contributed by atoms with van der Waals surface area (Å²) in [5.41, 5.74) is 12.3. The molecule has 6 heterocycles. The highest BCUT2D eigenvalue weighted by Crippen LogP contribution is 2.40. The molecule has 0 bridgehead atoms. The van der Waals surface area contributed by atoms with Crippen LogP contribution in [0.4, 0.5) is 10.9 Å². The van der Waals surface area contributed by atoms with E-state index in [1.807, 2.05) is 0 Å². The number of β-lactam (4-membered cyclic amide) rings is 1. The number of carboxylic acids is 1. The number of amides is 2. The van der Waals surface area contributed by atoms with Crippen LogP contribution in [-0.4, -0.2) is 83.9 Å². The molecule has 18 heteroatoms. The largest absolute Gasteiger partial charge is 0.543 e. The molecule has 3 aromatic rings. The smallest absolute Gasteiger partial charge is 0.309 e. The van der Waals surface area contributed by atoms with Crippen molar-refractivity contribution in [3.8, 4) is 0 Å². The fraction of sp³-hybridized carbons (Fsp3) is 0.333. The lowest BCUT2D eigenvalue weighted by molar-refractivity contribution is -0.662. The number of nitrogens with two attached hydrogens (primary N) is 2. The van der Waals surface area contributed by atoms with Crippen molar-refractivity contribution >= 4 is 63.4 Å². The summed E-state index contributed by atoms with van der Waals surface area (Å²) in [6, 6.07) is 2.50. The van der Waals surface area contributed by atoms with Gasteiger partial charge in [-0.15, -0.1) is 11.8 Å². The number of hydrogen-bond acceptors (Lipinski definition) is 14. The summed E-state index contributed by atoms with van der Waals surface area (Å²) in [5, 5.41) is 22.3. The molecule has 3 aliphatic heterocycles. The van der Waals surface area contributed by atoms with Crippen molar-refractivity contribution < 1.29 is 33.6 Å². The number of carbonyl (C=O) groups excluding carboxylic acids is 3. The van der Waals surface area contributed by atoms with E-state index in [9.17, 15) is 19.5 Å². The quantitative estimate of drug-likeness (QED) is 0.106. The van der Waals surface area contributed by atoms with Gasteiger partial charge in [0.15, 0.2) is 17.4 Å². The average molecular weight is 573 g/mol. The Labute approximate surface area is 227 Å². The molecular formula is C21H20N10O6S2. The molecule has 3 aromatic heterocycles. The van der Waals surface area contributed by atoms with Crippen LogP contribution in [0.15, 0.2) is 41.0 Å². The summed E-state index contributed by atoms with van der Waals surface area (Å²) in [6.07, 6.45) is 2.89. The van der Waals surface area contributed by atoms with Gasteiger partial charge in [-0.25, -0.2) is 4.57 Å². The average Bonchev–Trinajstić information content (AvgIpc) is 3.46. The van der Waals surface area contributed by atoms with Gasteiger partial charge in [-0.3, -0.25) is 14.5 Å². The lowest BCUT2D eigenvalue weighted by Crippen LogP contribution is -2.71. The van der Waals surface area contributed by atoms with E-state index < -0.39 is 29.2 Å². The molecule has 2 fully saturated rings. The van der Waals surface area contributed by atoms with Crippen LogP contribution in [0.1, 0.15) is 5.82 Å². The first-order valence-electron chi connectivity index (χ1n) is 11.5. The number of aromatic nitrogens is 5. The molecule has 0 aromatic carbocycles. The Morgan fingerprint density at radius 2 is 2.18 bits per heavy atom. The predicted octanol–water partition coefficient (Wildman–Crippen LogP) is -3.14. The van der Waals surface area contributed by atoms with Crippen molar-refractivity contribution in [2.24, 2.45) is 5.16 Å². The van der Waals surface area contributed by atoms with Gasteiger partial charge in [-0.05, 0) is 6.07 Å². The number of nitrogen functional groups attached to an aromatic ring is 2. The number of nitrogens with zero attached hydrogens (tertiary/aromatic N) is 7. The Bertz CT molecular complexity index is 1560. The highest BCUT2D eigenvalue weighted by Gasteiger charge is 2.53. The number of hydrogen-bond donors (Lipinski definition) is 3. The van der Waals surface area contributed by atoms with Crippen LogP contribution >= 0.6 is 23.3 Å². The molecule has 39 heavy (non-hydrogen) atoms. The first-order chi connectivity index (χ1) is 18.8. The van der Waals surface area contributed by atoms with Crippen molar-refractivity contribution in [1.82, 2.24) is 29.2 Å². The molecule has 6 rings (SSSR count). The van der Waals surface area contributed by atoms with Crippen LogP contribution in [-0.2, 0) is 30.5 Å². The second kappa shape index (κ2) is 9.79. The van der Waals surface area contributed by atoms with Crippen molar-refractivity contribution in [3.05, 3.63) is 41.6 Å². The van der Waals surface area contributed by atoms with E-state index >= 15 is 0 Å². The second-order valence-corrected chi connectivity index (χ2v) is 10.6. The minimum atomic E-state index is -1.50. The lowest BCUT2D eigenvalue weighted by Gasteiger charge is -2.50. The summed E-state index contributed by atoms with van der Waals surface area (Å²) < 4.78 is 12.3. The van der Waals surface area contributed by atoms with Crippen LogP contribution < -0.4 is 26.5 Å². The Kier molecular flexibility index (Phi) is 6.28. The van der Waals surface area contributed by atoms with Crippen LogP contribution in [0.25, 0.3) is 5.65 Å². The zero-order valence-electron chi connectivity index (χ0n) is 19.9. The molecule has 0 radical (unpaired) electrons. The van der Waals surface area contributed by atoms with Crippen LogP contribution in [0.5, 0.6) is 0 Å². The molecule has 202 valence electrons. The maximum Gasteiger partial charge on any atom is 0.309 e. The Morgan fingerprint density at radius 3 is 2.87 bits per heavy atom. The monoisotopic (exact) mass is 572 g/mol. The van der Waals surface area contributed by atoms with Gasteiger partial charge in [0.2, 0.25) is 11.5 Å². The number of thioether (sulfide) groups is 1. The first kappa shape index (κ1) is 25.0. The number of carbonyl (C=O) groups is 3. The number of carboxylic acid groups (broad SMARTS) is 1. The first-order valence-corrected chi connectivity index (χ1v) is 13.4. The van der Waals surface area contributed by atoms with Crippen molar-refractivity contribution in [2.45, 2.75) is 24.1 Å². The Hall–Kier alpha value is -4.29. The van der Waals surface area contributed by atoms with Gasteiger partial charge in [0.05, 0.1) is 31.1 Å². The lowest BCUT2D eigenvalue weighted by atomic mass is 10.0. The zero-order chi connectivity index (χ0) is 27.3. The van der Waals surface area contributed by atoms with E-state index in [4.69, 9.17) is 21.0 Å². The maximum absolute atomic E-state index is 13.1. The maximum atomic E-state index is 13.1. The van der Waals surface area contributed by atoms with E-state index in [0.717, 1.165) is 16.4 Å². The fourth-order valence-electron chi connectivity index (χ4n) is 4.31. The summed E-state index contributed by atoms with van der Waals surface area (Å²) in [4.78, 5) is 48.9. The standard InChI is InChI=1S/C21H20N10O6S2/c22-11-5-29(12-2-1-3-24-31(11)12)4-9-8-38-19-14(18(33)30(19)15(9)20(34)35)25-17(32)13(16-26-21(23)39-28-16)27-37-10-6-36-7-10/h1-3,5,10,14,19H,4,6-8H2,(H5-,22,23,24,25,26,28,32,34,35)/b27-13-/t14-,19-/m1/s1. The number of imidazole rings is 1. The Balaban J connectivity index is 1.22. The van der Waals surface area contributed by atoms with Crippen molar-refractivity contribution in [1.29, 1.82) is 0 Å². The number of nitrogens with one attached hydrogen (secondary N) is 1. The summed E-state index contributed by atoms with van der Waals surface area (Å²) in [6.45, 7) is 0.786. The molecule has 16 nitrogen and oxygen atoms in total. The normalized spacial score (nSPS) is 21.4. The number of aliphatic carboxylic acids is 1. The molecule has 5 N–H and O–H groups in total. The van der Waals surface area contributed by atoms with E-state index in [1.54, 1.807) is 29.1 Å².